The van der Waals surface area contributed by atoms with E-state index in [9.17, 15) is 45.1 Å². The van der Waals surface area contributed by atoms with E-state index >= 15 is 0 Å². The monoisotopic (exact) mass is 737 g/mol. The average Bonchev–Trinajstić information content (AvgIpc) is 3.03. The zero-order valence-corrected chi connectivity index (χ0v) is 29.9. The summed E-state index contributed by atoms with van der Waals surface area (Å²) in [6.45, 7) is 10.4. The number of ether oxygens (including phenoxy) is 2. The fourth-order valence-electron chi connectivity index (χ4n) is 5.12. The third-order valence-electron chi connectivity index (χ3n) is 7.93. The molecular weight excluding hydrogens is 699 g/mol. The van der Waals surface area contributed by atoms with E-state index in [4.69, 9.17) is 9.47 Å². The van der Waals surface area contributed by atoms with Crippen LogP contribution in [-0.2, 0) is 36.8 Å². The molecule has 3 rings (SSSR count). The van der Waals surface area contributed by atoms with Crippen molar-refractivity contribution < 1.29 is 54.6 Å². The Bertz CT molecular complexity index is 1870. The number of anilines is 1. The second-order valence-electron chi connectivity index (χ2n) is 13.5. The summed E-state index contributed by atoms with van der Waals surface area (Å²) in [5.41, 5.74) is -5.19. The molecule has 1 N–H and O–H groups in total. The van der Waals surface area contributed by atoms with Gasteiger partial charge in [-0.15, -0.1) is 0 Å². The highest BCUT2D eigenvalue weighted by molar-refractivity contribution is 6.03. The molecule has 2 aromatic carbocycles. The molecule has 1 aromatic heterocycles. The van der Waals surface area contributed by atoms with E-state index < -0.39 is 75.8 Å². The van der Waals surface area contributed by atoms with Crippen molar-refractivity contribution in [1.29, 1.82) is 0 Å². The number of alkyl carbamates (subject to hydrolysis) is 1. The van der Waals surface area contributed by atoms with Crippen molar-refractivity contribution in [3.8, 4) is 23.0 Å². The maximum atomic E-state index is 14.1. The van der Waals surface area contributed by atoms with E-state index in [1.165, 1.54) is 52.2 Å². The van der Waals surface area contributed by atoms with Crippen LogP contribution in [0.15, 0.2) is 48.7 Å². The molecule has 0 bridgehead atoms. The summed E-state index contributed by atoms with van der Waals surface area (Å²) in [5, 5.41) is 2.43. The van der Waals surface area contributed by atoms with Crippen LogP contribution in [0.2, 0.25) is 0 Å². The number of benzene rings is 2. The summed E-state index contributed by atoms with van der Waals surface area (Å²) in [6.07, 6.45) is -9.92. The molecule has 0 radical (unpaired) electrons. The van der Waals surface area contributed by atoms with Crippen molar-refractivity contribution in [2.45, 2.75) is 77.9 Å². The number of pyridine rings is 1. The molecule has 0 aliphatic heterocycles. The van der Waals surface area contributed by atoms with E-state index in [0.29, 0.717) is 23.3 Å². The van der Waals surface area contributed by atoms with Crippen molar-refractivity contribution >= 4 is 23.7 Å². The number of amides is 2. The second kappa shape index (κ2) is 15.2. The first kappa shape index (κ1) is 41.3. The number of aryl methyl sites for hydroxylation is 1. The second-order valence-corrected chi connectivity index (χ2v) is 13.5. The largest absolute Gasteiger partial charge is 0.467 e. The molecule has 0 aliphatic carbocycles. The molecule has 0 aliphatic rings. The number of likely N-dealkylation sites (N-methyl/N-ethyl adjacent to an activating group) is 1. The lowest BCUT2D eigenvalue weighted by atomic mass is 9.81. The van der Waals surface area contributed by atoms with E-state index in [1.807, 2.05) is 0 Å². The Kier molecular flexibility index (Phi) is 12.1. The Labute approximate surface area is 296 Å². The molecule has 2 amide bonds. The number of carbonyl (C=O) groups excluding carboxylic acids is 3. The maximum absolute atomic E-state index is 14.1. The molecule has 0 unspecified atom stereocenters. The highest BCUT2D eigenvalue weighted by Gasteiger charge is 2.41. The molecule has 1 heterocycles. The first-order chi connectivity index (χ1) is 23.8. The Balaban J connectivity index is 2.12. The number of carbonyl (C=O) groups is 3. The quantitative estimate of drug-likeness (QED) is 0.149. The highest BCUT2D eigenvalue weighted by atomic mass is 19.4. The van der Waals surface area contributed by atoms with E-state index in [2.05, 4.69) is 22.1 Å². The van der Waals surface area contributed by atoms with Crippen LogP contribution in [0.1, 0.15) is 69.5 Å². The summed E-state index contributed by atoms with van der Waals surface area (Å²) in [6, 6.07) is 5.01. The van der Waals surface area contributed by atoms with Crippen molar-refractivity contribution in [2.24, 2.45) is 5.92 Å². The molecule has 280 valence electrons. The molecule has 8 nitrogen and oxygen atoms in total. The molecule has 0 saturated heterocycles. The lowest BCUT2D eigenvalue weighted by molar-refractivity contribution is -0.144. The van der Waals surface area contributed by atoms with Crippen molar-refractivity contribution in [3.63, 3.8) is 0 Å². The number of hydrogen-bond acceptors (Lipinski definition) is 6. The minimum absolute atomic E-state index is 0.0191. The standard InChI is InChI=1S/C37H38F7N3O5/c1-20(30(31(48)51-9)46-33(50)52-34(3,4)5)10-12-26-18-28(27-13-11-25(38)14-21(27)2)29(19-45-26)47(8)32(49)35(6,7)22-15-23(36(39,40)41)17-24(16-22)37(42,43)44/h11,13-20,30H,1-9H3,(H,46,50)/t20-,30-/m1/s1. The van der Waals surface area contributed by atoms with Crippen LogP contribution in [0.5, 0.6) is 0 Å². The summed E-state index contributed by atoms with van der Waals surface area (Å²) >= 11 is 0. The number of nitrogens with zero attached hydrogens (tertiary/aromatic N) is 2. The summed E-state index contributed by atoms with van der Waals surface area (Å²) in [5.74, 6) is 2.54. The number of hydrogen-bond donors (Lipinski definition) is 1. The lowest BCUT2D eigenvalue weighted by Crippen LogP contribution is -2.47. The van der Waals surface area contributed by atoms with Gasteiger partial charge in [0.1, 0.15) is 23.2 Å². The van der Waals surface area contributed by atoms with Crippen molar-refractivity contribution in [1.82, 2.24) is 10.3 Å². The topological polar surface area (TPSA) is 97.8 Å². The highest BCUT2D eigenvalue weighted by Crippen LogP contribution is 2.41. The summed E-state index contributed by atoms with van der Waals surface area (Å²) in [7, 11) is 2.41. The third kappa shape index (κ3) is 10.0. The maximum Gasteiger partial charge on any atom is 0.416 e. The van der Waals surface area contributed by atoms with Crippen LogP contribution in [0, 0.1) is 30.5 Å². The summed E-state index contributed by atoms with van der Waals surface area (Å²) < 4.78 is 106. The minimum Gasteiger partial charge on any atom is -0.467 e. The number of halogens is 7. The number of esters is 1. The molecule has 2 atom stereocenters. The van der Waals surface area contributed by atoms with Gasteiger partial charge >= 0.3 is 24.4 Å². The molecule has 52 heavy (non-hydrogen) atoms. The van der Waals surface area contributed by atoms with Crippen LogP contribution >= 0.6 is 0 Å². The van der Waals surface area contributed by atoms with Gasteiger partial charge in [0.25, 0.3) is 0 Å². The fraction of sp³-hybridized carbons (Fsp3) is 0.405. The van der Waals surface area contributed by atoms with Gasteiger partial charge in [0.2, 0.25) is 5.91 Å². The number of nitrogens with one attached hydrogen (secondary N) is 1. The van der Waals surface area contributed by atoms with Gasteiger partial charge < -0.3 is 19.7 Å². The van der Waals surface area contributed by atoms with Gasteiger partial charge in [-0.05, 0) is 107 Å². The van der Waals surface area contributed by atoms with Crippen LogP contribution in [0.4, 0.5) is 41.2 Å². The van der Waals surface area contributed by atoms with Gasteiger partial charge in [-0.2, -0.15) is 26.3 Å². The molecule has 0 saturated carbocycles. The van der Waals surface area contributed by atoms with Gasteiger partial charge in [-0.3, -0.25) is 4.79 Å². The first-order valence-corrected chi connectivity index (χ1v) is 15.7. The normalized spacial score (nSPS) is 13.3. The Hall–Kier alpha value is -5.13. The zero-order valence-electron chi connectivity index (χ0n) is 29.9. The lowest BCUT2D eigenvalue weighted by Gasteiger charge is -2.32. The van der Waals surface area contributed by atoms with Gasteiger partial charge in [0, 0.05) is 18.5 Å². The number of rotatable bonds is 7. The smallest absolute Gasteiger partial charge is 0.416 e. The zero-order chi connectivity index (χ0) is 39.6. The van der Waals surface area contributed by atoms with E-state index in [1.54, 1.807) is 27.7 Å². The van der Waals surface area contributed by atoms with Crippen LogP contribution in [-0.4, -0.2) is 48.8 Å². The van der Waals surface area contributed by atoms with Crippen LogP contribution in [0.3, 0.4) is 0 Å². The predicted octanol–water partition coefficient (Wildman–Crippen LogP) is 8.23. The van der Waals surface area contributed by atoms with Gasteiger partial charge in [-0.25, -0.2) is 19.0 Å². The Morgan fingerprint density at radius 2 is 1.42 bits per heavy atom. The van der Waals surface area contributed by atoms with Crippen molar-refractivity contribution in [2.75, 3.05) is 19.1 Å². The molecule has 15 heteroatoms. The van der Waals surface area contributed by atoms with Crippen LogP contribution < -0.4 is 10.2 Å². The number of aromatic nitrogens is 1. The molecule has 3 aromatic rings. The summed E-state index contributed by atoms with van der Waals surface area (Å²) in [4.78, 5) is 44.3. The average molecular weight is 738 g/mol. The Morgan fingerprint density at radius 3 is 1.92 bits per heavy atom. The predicted molar refractivity (Wildman–Crippen MR) is 178 cm³/mol. The third-order valence-corrected chi connectivity index (χ3v) is 7.93. The molecular formula is C37H38F7N3O5. The number of alkyl halides is 6. The van der Waals surface area contributed by atoms with Gasteiger partial charge in [0.05, 0.1) is 35.5 Å². The van der Waals surface area contributed by atoms with E-state index in [0.717, 1.165) is 18.1 Å². The fourth-order valence-corrected chi connectivity index (χ4v) is 5.12. The first-order valence-electron chi connectivity index (χ1n) is 15.7. The van der Waals surface area contributed by atoms with E-state index in [-0.39, 0.29) is 23.0 Å². The van der Waals surface area contributed by atoms with Crippen LogP contribution in [0.25, 0.3) is 11.1 Å². The Morgan fingerprint density at radius 1 is 0.865 bits per heavy atom. The van der Waals surface area contributed by atoms with Gasteiger partial charge in [-0.1, -0.05) is 12.0 Å². The van der Waals surface area contributed by atoms with Crippen molar-refractivity contribution in [3.05, 3.63) is 82.4 Å². The molecule has 0 fully saturated rings. The number of methoxy groups -OCH3 is 1. The SMILES string of the molecule is COC(=O)[C@H](NC(=O)OC(C)(C)C)[C@H](C)C#Cc1cc(-c2ccc(F)cc2C)c(N(C)C(=O)C(C)(C)c2cc(C(F)(F)F)cc(C(F)(F)F)c2)cn1. The minimum atomic E-state index is -5.13. The molecule has 0 spiro atoms. The van der Waals surface area contributed by atoms with Gasteiger partial charge in [0.15, 0.2) is 0 Å².